The van der Waals surface area contributed by atoms with Crippen molar-refractivity contribution in [3.8, 4) is 0 Å². The first-order chi connectivity index (χ1) is 9.98. The maximum Gasteiger partial charge on any atom is 0.253 e. The lowest BCUT2D eigenvalue weighted by Gasteiger charge is -2.36. The molecule has 1 amide bonds. The molecule has 4 N–H and O–H groups in total. The Kier molecular flexibility index (Phi) is 5.27. The van der Waals surface area contributed by atoms with E-state index in [0.29, 0.717) is 22.9 Å². The maximum absolute atomic E-state index is 12.6. The smallest absolute Gasteiger partial charge is 0.253 e. The molecule has 0 radical (unpaired) electrons. The molecule has 1 saturated carbocycles. The molecule has 2 rings (SSSR count). The third kappa shape index (κ3) is 3.58. The number of nitrogens with two attached hydrogens (primary N) is 1. The van der Waals surface area contributed by atoms with Crippen molar-refractivity contribution in [3.05, 3.63) is 32.7 Å². The van der Waals surface area contributed by atoms with Gasteiger partial charge in [0.2, 0.25) is 0 Å². The summed E-state index contributed by atoms with van der Waals surface area (Å²) in [6.07, 6.45) is 4.34. The van der Waals surface area contributed by atoms with Crippen LogP contribution in [-0.4, -0.2) is 22.5 Å². The minimum absolute atomic E-state index is 0.0710. The Morgan fingerprint density at radius 2 is 1.95 bits per heavy atom. The first-order valence-electron chi connectivity index (χ1n) is 6.74. The first kappa shape index (κ1) is 16.3. The van der Waals surface area contributed by atoms with Crippen molar-refractivity contribution in [1.82, 2.24) is 5.32 Å². The lowest BCUT2D eigenvalue weighted by Crippen LogP contribution is -2.58. The zero-order chi connectivity index (χ0) is 15.5. The van der Waals surface area contributed by atoms with E-state index < -0.39 is 5.54 Å². The lowest BCUT2D eigenvalue weighted by molar-refractivity contribution is 0.0905. The molecule has 0 spiro atoms. The minimum Gasteiger partial charge on any atom is -0.409 e. The third-order valence-corrected chi connectivity index (χ3v) is 5.02. The van der Waals surface area contributed by atoms with E-state index in [4.69, 9.17) is 10.9 Å². The molecular weight excluding hydrogens is 402 g/mol. The van der Waals surface area contributed by atoms with Crippen molar-refractivity contribution in [1.29, 1.82) is 0 Å². The van der Waals surface area contributed by atoms with Gasteiger partial charge in [-0.25, -0.2) is 0 Å². The zero-order valence-corrected chi connectivity index (χ0v) is 14.6. The molecule has 0 aromatic heterocycles. The first-order valence-corrected chi connectivity index (χ1v) is 8.33. The molecule has 0 saturated heterocycles. The number of nitrogens with zero attached hydrogens (tertiary/aromatic N) is 1. The topological polar surface area (TPSA) is 87.7 Å². The fourth-order valence-corrected chi connectivity index (χ4v) is 3.44. The number of oxime groups is 1. The maximum atomic E-state index is 12.6. The normalized spacial score (nSPS) is 18.3. The van der Waals surface area contributed by atoms with Crippen molar-refractivity contribution in [2.24, 2.45) is 10.9 Å². The number of benzene rings is 1. The van der Waals surface area contributed by atoms with Gasteiger partial charge in [0.1, 0.15) is 5.54 Å². The van der Waals surface area contributed by atoms with Crippen LogP contribution in [0.5, 0.6) is 0 Å². The fourth-order valence-electron chi connectivity index (χ4n) is 2.65. The number of carbonyl (C=O) groups excluding carboxylic acids is 1. The molecule has 0 aliphatic heterocycles. The number of amides is 1. The summed E-state index contributed by atoms with van der Waals surface area (Å²) in [6.45, 7) is 0. The Hall–Kier alpha value is -1.08. The predicted octanol–water partition coefficient (Wildman–Crippen LogP) is 3.39. The van der Waals surface area contributed by atoms with E-state index >= 15 is 0 Å². The summed E-state index contributed by atoms with van der Waals surface area (Å²) in [4.78, 5) is 12.6. The van der Waals surface area contributed by atoms with Crippen molar-refractivity contribution < 1.29 is 10.0 Å². The molecule has 7 heteroatoms. The molecule has 1 aromatic rings. The van der Waals surface area contributed by atoms with Gasteiger partial charge in [-0.2, -0.15) is 0 Å². The van der Waals surface area contributed by atoms with Gasteiger partial charge in [-0.3, -0.25) is 4.79 Å². The number of hydrogen-bond acceptors (Lipinski definition) is 3. The van der Waals surface area contributed by atoms with Crippen LogP contribution in [0.1, 0.15) is 42.5 Å². The van der Waals surface area contributed by atoms with Gasteiger partial charge in [0.05, 0.1) is 5.56 Å². The molecule has 21 heavy (non-hydrogen) atoms. The summed E-state index contributed by atoms with van der Waals surface area (Å²) >= 11 is 6.73. The second-order valence-corrected chi connectivity index (χ2v) is 6.98. The summed E-state index contributed by atoms with van der Waals surface area (Å²) in [7, 11) is 0. The zero-order valence-electron chi connectivity index (χ0n) is 11.4. The molecule has 114 valence electrons. The lowest BCUT2D eigenvalue weighted by atomic mass is 9.80. The van der Waals surface area contributed by atoms with E-state index in [2.05, 4.69) is 42.3 Å². The summed E-state index contributed by atoms with van der Waals surface area (Å²) in [6, 6.07) is 5.39. The molecule has 1 aliphatic rings. The summed E-state index contributed by atoms with van der Waals surface area (Å²) in [5.41, 5.74) is 5.60. The number of halogens is 2. The molecular formula is C14H17Br2N3O2. The monoisotopic (exact) mass is 417 g/mol. The average molecular weight is 419 g/mol. The molecule has 0 heterocycles. The highest BCUT2D eigenvalue weighted by Gasteiger charge is 2.38. The second kappa shape index (κ2) is 6.79. The van der Waals surface area contributed by atoms with Crippen molar-refractivity contribution in [2.45, 2.75) is 37.6 Å². The largest absolute Gasteiger partial charge is 0.409 e. The molecule has 5 nitrogen and oxygen atoms in total. The number of hydrogen-bond donors (Lipinski definition) is 3. The Balaban J connectivity index is 2.28. The van der Waals surface area contributed by atoms with Crippen LogP contribution in [-0.2, 0) is 0 Å². The van der Waals surface area contributed by atoms with Crippen molar-refractivity contribution in [3.63, 3.8) is 0 Å². The fraction of sp³-hybridized carbons (Fsp3) is 0.429. The number of carbonyl (C=O) groups is 1. The molecule has 1 fully saturated rings. The van der Waals surface area contributed by atoms with Gasteiger partial charge < -0.3 is 16.3 Å². The number of nitrogens with one attached hydrogen (secondary N) is 1. The van der Waals surface area contributed by atoms with E-state index in [1.807, 2.05) is 6.07 Å². The highest BCUT2D eigenvalue weighted by atomic mass is 79.9. The van der Waals surface area contributed by atoms with E-state index in [9.17, 15) is 4.79 Å². The van der Waals surface area contributed by atoms with Crippen LogP contribution in [0.3, 0.4) is 0 Å². The van der Waals surface area contributed by atoms with Crippen molar-refractivity contribution >= 4 is 43.6 Å². The van der Waals surface area contributed by atoms with Gasteiger partial charge in [0.25, 0.3) is 5.91 Å². The van der Waals surface area contributed by atoms with Crippen molar-refractivity contribution in [2.75, 3.05) is 0 Å². The Morgan fingerprint density at radius 3 is 2.57 bits per heavy atom. The van der Waals surface area contributed by atoms with E-state index in [1.54, 1.807) is 12.1 Å². The van der Waals surface area contributed by atoms with Crippen LogP contribution in [0.25, 0.3) is 0 Å². The van der Waals surface area contributed by atoms with Crippen LogP contribution >= 0.6 is 31.9 Å². The highest BCUT2D eigenvalue weighted by Crippen LogP contribution is 2.30. The van der Waals surface area contributed by atoms with Crippen LogP contribution in [0, 0.1) is 0 Å². The third-order valence-electron chi connectivity index (χ3n) is 3.83. The molecule has 0 bridgehead atoms. The quantitative estimate of drug-likeness (QED) is 0.304. The van der Waals surface area contributed by atoms with Crippen LogP contribution in [0.15, 0.2) is 32.3 Å². The summed E-state index contributed by atoms with van der Waals surface area (Å²) in [5.74, 6) is -0.168. The standard InChI is InChI=1S/C14H17Br2N3O2/c15-9-4-5-11(16)10(8-9)12(20)18-14(13(17)19-21)6-2-1-3-7-14/h4-5,8,21H,1-3,6-7H2,(H2,17,19)(H,18,20). The second-order valence-electron chi connectivity index (χ2n) is 5.21. The Bertz CT molecular complexity index is 569. The van der Waals surface area contributed by atoms with E-state index in [-0.39, 0.29) is 11.7 Å². The molecule has 1 aliphatic carbocycles. The predicted molar refractivity (Wildman–Crippen MR) is 88.5 cm³/mol. The summed E-state index contributed by atoms with van der Waals surface area (Å²) < 4.78 is 1.52. The van der Waals surface area contributed by atoms with E-state index in [1.165, 1.54) is 0 Å². The number of rotatable bonds is 3. The Labute approximate surface area is 140 Å². The van der Waals surface area contributed by atoms with Gasteiger partial charge in [0.15, 0.2) is 5.84 Å². The van der Waals surface area contributed by atoms with Gasteiger partial charge in [-0.05, 0) is 47.0 Å². The molecule has 0 unspecified atom stereocenters. The van der Waals surface area contributed by atoms with Gasteiger partial charge in [-0.15, -0.1) is 0 Å². The minimum atomic E-state index is -0.758. The molecule has 0 atom stereocenters. The van der Waals surface area contributed by atoms with Crippen LogP contribution < -0.4 is 11.1 Å². The van der Waals surface area contributed by atoms with Gasteiger partial charge >= 0.3 is 0 Å². The average Bonchev–Trinajstić information content (AvgIpc) is 2.49. The molecule has 1 aromatic carbocycles. The summed E-state index contributed by atoms with van der Waals surface area (Å²) in [5, 5.41) is 15.1. The number of amidine groups is 1. The van der Waals surface area contributed by atoms with Gasteiger partial charge in [0, 0.05) is 8.95 Å². The van der Waals surface area contributed by atoms with Gasteiger partial charge in [-0.1, -0.05) is 40.3 Å². The van der Waals surface area contributed by atoms with E-state index in [0.717, 1.165) is 23.7 Å². The SMILES string of the molecule is N/C(=N/O)C1(NC(=O)c2cc(Br)ccc2Br)CCCCC1. The Morgan fingerprint density at radius 1 is 1.29 bits per heavy atom. The van der Waals surface area contributed by atoms with Crippen LogP contribution in [0.2, 0.25) is 0 Å². The van der Waals surface area contributed by atoms with Crippen LogP contribution in [0.4, 0.5) is 0 Å². The highest BCUT2D eigenvalue weighted by molar-refractivity contribution is 9.11.